The second-order valence-electron chi connectivity index (χ2n) is 8.87. The quantitative estimate of drug-likeness (QED) is 0.796. The van der Waals surface area contributed by atoms with E-state index >= 15 is 0 Å². The van der Waals surface area contributed by atoms with Crippen molar-refractivity contribution in [1.82, 2.24) is 9.80 Å². The summed E-state index contributed by atoms with van der Waals surface area (Å²) in [5.41, 5.74) is 0.480. The second-order valence-corrected chi connectivity index (χ2v) is 11.2. The SMILES string of the molecule is CC(C)(C)C1CCN(CC(C)(C)N2CCS(=O)(=O)CC2)CC1. The third-order valence-corrected chi connectivity index (χ3v) is 7.23. The van der Waals surface area contributed by atoms with Gasteiger partial charge in [0.2, 0.25) is 0 Å². The van der Waals surface area contributed by atoms with Crippen molar-refractivity contribution < 1.29 is 8.42 Å². The maximum absolute atomic E-state index is 11.6. The van der Waals surface area contributed by atoms with Crippen LogP contribution in [0.5, 0.6) is 0 Å². The van der Waals surface area contributed by atoms with Crippen molar-refractivity contribution in [2.75, 3.05) is 44.2 Å². The lowest BCUT2D eigenvalue weighted by Gasteiger charge is -2.46. The van der Waals surface area contributed by atoms with E-state index < -0.39 is 9.84 Å². The summed E-state index contributed by atoms with van der Waals surface area (Å²) in [7, 11) is -2.79. The molecule has 0 atom stereocenters. The van der Waals surface area contributed by atoms with Gasteiger partial charge in [-0.05, 0) is 51.1 Å². The predicted octanol–water partition coefficient (Wildman–Crippen LogP) is 2.25. The van der Waals surface area contributed by atoms with E-state index in [1.165, 1.54) is 25.9 Å². The minimum atomic E-state index is -2.79. The molecule has 2 aliphatic heterocycles. The monoisotopic (exact) mass is 330 g/mol. The summed E-state index contributed by atoms with van der Waals surface area (Å²) in [4.78, 5) is 4.94. The number of piperidine rings is 1. The fourth-order valence-electron chi connectivity index (χ4n) is 3.92. The third kappa shape index (κ3) is 4.68. The van der Waals surface area contributed by atoms with Gasteiger partial charge in [-0.3, -0.25) is 4.90 Å². The zero-order chi connectivity index (χ0) is 16.6. The molecule has 0 aromatic carbocycles. The van der Waals surface area contributed by atoms with Gasteiger partial charge in [0, 0.05) is 25.2 Å². The molecular formula is C17H34N2O2S. The van der Waals surface area contributed by atoms with Gasteiger partial charge in [0.1, 0.15) is 0 Å². The maximum Gasteiger partial charge on any atom is 0.152 e. The number of sulfone groups is 1. The molecule has 0 spiro atoms. The van der Waals surface area contributed by atoms with E-state index in [-0.39, 0.29) is 5.54 Å². The Kier molecular flexibility index (Phi) is 5.30. The van der Waals surface area contributed by atoms with Gasteiger partial charge in [-0.15, -0.1) is 0 Å². The van der Waals surface area contributed by atoms with E-state index in [2.05, 4.69) is 44.4 Å². The lowest BCUT2D eigenvalue weighted by Crippen LogP contribution is -2.57. The molecule has 4 nitrogen and oxygen atoms in total. The highest BCUT2D eigenvalue weighted by atomic mass is 32.2. The lowest BCUT2D eigenvalue weighted by atomic mass is 9.75. The Bertz CT molecular complexity index is 457. The van der Waals surface area contributed by atoms with Crippen LogP contribution in [-0.4, -0.2) is 68.0 Å². The summed E-state index contributed by atoms with van der Waals surface area (Å²) in [6.45, 7) is 16.4. The van der Waals surface area contributed by atoms with Crippen molar-refractivity contribution in [3.8, 4) is 0 Å². The summed E-state index contributed by atoms with van der Waals surface area (Å²) >= 11 is 0. The van der Waals surface area contributed by atoms with Crippen LogP contribution in [0.2, 0.25) is 0 Å². The molecule has 0 bridgehead atoms. The van der Waals surface area contributed by atoms with E-state index in [1.807, 2.05) is 0 Å². The minimum absolute atomic E-state index is 0.0600. The number of hydrogen-bond acceptors (Lipinski definition) is 4. The highest BCUT2D eigenvalue weighted by Crippen LogP contribution is 2.34. The number of hydrogen-bond donors (Lipinski definition) is 0. The van der Waals surface area contributed by atoms with Gasteiger partial charge < -0.3 is 4.90 Å². The van der Waals surface area contributed by atoms with Crippen LogP contribution >= 0.6 is 0 Å². The van der Waals surface area contributed by atoms with Crippen molar-refractivity contribution in [2.24, 2.45) is 11.3 Å². The van der Waals surface area contributed by atoms with E-state index in [4.69, 9.17) is 0 Å². The highest BCUT2D eigenvalue weighted by Gasteiger charge is 2.35. The van der Waals surface area contributed by atoms with E-state index in [1.54, 1.807) is 0 Å². The first-order valence-corrected chi connectivity index (χ1v) is 10.5. The molecule has 0 radical (unpaired) electrons. The van der Waals surface area contributed by atoms with Gasteiger partial charge in [-0.1, -0.05) is 20.8 Å². The van der Waals surface area contributed by atoms with Crippen molar-refractivity contribution in [1.29, 1.82) is 0 Å². The molecule has 5 heteroatoms. The van der Waals surface area contributed by atoms with E-state index in [0.717, 1.165) is 12.5 Å². The van der Waals surface area contributed by atoms with Gasteiger partial charge >= 0.3 is 0 Å². The summed E-state index contributed by atoms with van der Waals surface area (Å²) in [6.07, 6.45) is 2.57. The molecule has 130 valence electrons. The van der Waals surface area contributed by atoms with Gasteiger partial charge in [-0.25, -0.2) is 8.42 Å². The smallest absolute Gasteiger partial charge is 0.152 e. The molecule has 0 unspecified atom stereocenters. The van der Waals surface area contributed by atoms with Crippen molar-refractivity contribution in [3.63, 3.8) is 0 Å². The first-order valence-electron chi connectivity index (χ1n) is 8.67. The second kappa shape index (κ2) is 6.40. The van der Waals surface area contributed by atoms with E-state index in [9.17, 15) is 8.42 Å². The number of rotatable bonds is 3. The molecule has 0 aromatic rings. The molecule has 0 amide bonds. The first kappa shape index (κ1) is 18.2. The predicted molar refractivity (Wildman–Crippen MR) is 92.9 cm³/mol. The van der Waals surface area contributed by atoms with Crippen molar-refractivity contribution in [2.45, 2.75) is 53.0 Å². The van der Waals surface area contributed by atoms with Crippen LogP contribution in [0.15, 0.2) is 0 Å². The van der Waals surface area contributed by atoms with Gasteiger partial charge in [0.05, 0.1) is 11.5 Å². The van der Waals surface area contributed by atoms with Crippen LogP contribution in [0.25, 0.3) is 0 Å². The van der Waals surface area contributed by atoms with Crippen LogP contribution in [-0.2, 0) is 9.84 Å². The standard InChI is InChI=1S/C17H34N2O2S/c1-16(2,3)15-6-8-18(9-7-15)14-17(4,5)19-10-12-22(20,21)13-11-19/h15H,6-14H2,1-5H3. The van der Waals surface area contributed by atoms with Crippen LogP contribution in [0.4, 0.5) is 0 Å². The summed E-state index contributed by atoms with van der Waals surface area (Å²) in [5.74, 6) is 1.47. The summed E-state index contributed by atoms with van der Waals surface area (Å²) < 4.78 is 23.2. The normalized spacial score (nSPS) is 26.2. The minimum Gasteiger partial charge on any atom is -0.301 e. The average molecular weight is 331 g/mol. The fraction of sp³-hybridized carbons (Fsp3) is 1.00. The first-order chi connectivity index (χ1) is 10.00. The van der Waals surface area contributed by atoms with Crippen molar-refractivity contribution >= 4 is 9.84 Å². The summed E-state index contributed by atoms with van der Waals surface area (Å²) in [5, 5.41) is 0. The average Bonchev–Trinajstić information content (AvgIpc) is 2.37. The molecule has 2 aliphatic rings. The lowest BCUT2D eigenvalue weighted by molar-refractivity contribution is 0.0481. The van der Waals surface area contributed by atoms with Crippen LogP contribution in [0, 0.1) is 11.3 Å². The Hall–Kier alpha value is -0.130. The van der Waals surface area contributed by atoms with Gasteiger partial charge in [0.15, 0.2) is 9.84 Å². The molecule has 0 aromatic heterocycles. The molecule has 2 saturated heterocycles. The fourth-order valence-corrected chi connectivity index (χ4v) is 5.12. The molecule has 0 N–H and O–H groups in total. The Labute approximate surface area is 137 Å². The van der Waals surface area contributed by atoms with Crippen LogP contribution < -0.4 is 0 Å². The Morgan fingerprint density at radius 3 is 1.86 bits per heavy atom. The maximum atomic E-state index is 11.6. The van der Waals surface area contributed by atoms with Crippen LogP contribution in [0.1, 0.15) is 47.5 Å². The molecule has 0 aliphatic carbocycles. The Morgan fingerprint density at radius 2 is 1.41 bits per heavy atom. The van der Waals surface area contributed by atoms with Crippen LogP contribution in [0.3, 0.4) is 0 Å². The molecule has 0 saturated carbocycles. The molecule has 2 fully saturated rings. The molecule has 22 heavy (non-hydrogen) atoms. The van der Waals surface area contributed by atoms with E-state index in [0.29, 0.717) is 30.0 Å². The third-order valence-electron chi connectivity index (χ3n) is 5.62. The Balaban J connectivity index is 1.86. The molecule has 2 heterocycles. The largest absolute Gasteiger partial charge is 0.301 e. The summed E-state index contributed by atoms with van der Waals surface area (Å²) in [6, 6.07) is 0. The number of nitrogens with zero attached hydrogens (tertiary/aromatic N) is 2. The molecular weight excluding hydrogens is 296 g/mol. The Morgan fingerprint density at radius 1 is 0.909 bits per heavy atom. The number of likely N-dealkylation sites (tertiary alicyclic amines) is 1. The zero-order valence-electron chi connectivity index (χ0n) is 15.1. The van der Waals surface area contributed by atoms with Gasteiger partial charge in [0.25, 0.3) is 0 Å². The van der Waals surface area contributed by atoms with Crippen molar-refractivity contribution in [3.05, 3.63) is 0 Å². The topological polar surface area (TPSA) is 40.6 Å². The molecule has 2 rings (SSSR count). The highest BCUT2D eigenvalue weighted by molar-refractivity contribution is 7.91. The van der Waals surface area contributed by atoms with Gasteiger partial charge in [-0.2, -0.15) is 0 Å². The zero-order valence-corrected chi connectivity index (χ0v) is 15.9.